The zero-order valence-corrected chi connectivity index (χ0v) is 9.25. The van der Waals surface area contributed by atoms with Crippen LogP contribution in [0.3, 0.4) is 0 Å². The Kier molecular flexibility index (Phi) is 2.65. The van der Waals surface area contributed by atoms with Crippen LogP contribution in [0.1, 0.15) is 5.56 Å². The molecule has 0 spiro atoms. The molecule has 2 aromatic rings. The van der Waals surface area contributed by atoms with Crippen LogP contribution >= 0.6 is 11.6 Å². The summed E-state index contributed by atoms with van der Waals surface area (Å²) in [7, 11) is 0. The molecule has 0 heterocycles. The maximum atomic E-state index is 5.94. The lowest BCUT2D eigenvalue weighted by atomic mass is 10.0. The maximum absolute atomic E-state index is 5.94. The topological polar surface area (TPSA) is 26.0 Å². The molecule has 1 nitrogen and oxygen atoms in total. The summed E-state index contributed by atoms with van der Waals surface area (Å²) in [6.45, 7) is 2.03. The third-order valence-electron chi connectivity index (χ3n) is 2.26. The SMILES string of the molecule is Cc1cc(N)cc(-c2cccc(Cl)c2)c1. The van der Waals surface area contributed by atoms with E-state index in [1.165, 1.54) is 0 Å². The second-order valence-electron chi connectivity index (χ2n) is 3.64. The van der Waals surface area contributed by atoms with Crippen molar-refractivity contribution in [2.24, 2.45) is 0 Å². The van der Waals surface area contributed by atoms with E-state index in [0.717, 1.165) is 27.4 Å². The van der Waals surface area contributed by atoms with Crippen molar-refractivity contribution < 1.29 is 0 Å². The molecule has 0 bridgehead atoms. The van der Waals surface area contributed by atoms with Crippen LogP contribution in [0.4, 0.5) is 5.69 Å². The molecule has 0 aromatic heterocycles. The first-order valence-electron chi connectivity index (χ1n) is 4.78. The molecule has 0 fully saturated rings. The highest BCUT2D eigenvalue weighted by atomic mass is 35.5. The van der Waals surface area contributed by atoms with Crippen LogP contribution in [0.2, 0.25) is 5.02 Å². The fraction of sp³-hybridized carbons (Fsp3) is 0.0769. The summed E-state index contributed by atoms with van der Waals surface area (Å²) in [4.78, 5) is 0. The fourth-order valence-corrected chi connectivity index (χ4v) is 1.84. The molecule has 0 radical (unpaired) electrons. The zero-order chi connectivity index (χ0) is 10.8. The third kappa shape index (κ3) is 2.31. The van der Waals surface area contributed by atoms with Gasteiger partial charge in [0.2, 0.25) is 0 Å². The predicted octanol–water partition coefficient (Wildman–Crippen LogP) is 3.90. The second kappa shape index (κ2) is 3.95. The molecule has 2 heteroatoms. The average molecular weight is 218 g/mol. The highest BCUT2D eigenvalue weighted by Gasteiger charge is 2.00. The van der Waals surface area contributed by atoms with Crippen molar-refractivity contribution in [1.29, 1.82) is 0 Å². The Balaban J connectivity index is 2.54. The van der Waals surface area contributed by atoms with Crippen LogP contribution in [0.15, 0.2) is 42.5 Å². The number of anilines is 1. The van der Waals surface area contributed by atoms with Gasteiger partial charge in [-0.05, 0) is 47.9 Å². The van der Waals surface area contributed by atoms with Gasteiger partial charge in [-0.15, -0.1) is 0 Å². The smallest absolute Gasteiger partial charge is 0.0412 e. The first kappa shape index (κ1) is 10.1. The van der Waals surface area contributed by atoms with E-state index in [1.54, 1.807) is 0 Å². The Morgan fingerprint density at radius 1 is 1.00 bits per heavy atom. The van der Waals surface area contributed by atoms with Crippen LogP contribution in [-0.2, 0) is 0 Å². The van der Waals surface area contributed by atoms with E-state index >= 15 is 0 Å². The van der Waals surface area contributed by atoms with E-state index in [1.807, 2.05) is 43.3 Å². The largest absolute Gasteiger partial charge is 0.399 e. The Labute approximate surface area is 94.5 Å². The molecule has 0 saturated carbocycles. The van der Waals surface area contributed by atoms with Crippen molar-refractivity contribution in [1.82, 2.24) is 0 Å². The van der Waals surface area contributed by atoms with Crippen LogP contribution in [-0.4, -0.2) is 0 Å². The summed E-state index contributed by atoms with van der Waals surface area (Å²) < 4.78 is 0. The van der Waals surface area contributed by atoms with E-state index in [0.29, 0.717) is 0 Å². The molecule has 0 aliphatic heterocycles. The summed E-state index contributed by atoms with van der Waals surface area (Å²) in [5.41, 5.74) is 9.94. The summed E-state index contributed by atoms with van der Waals surface area (Å²) in [6.07, 6.45) is 0. The van der Waals surface area contributed by atoms with Gasteiger partial charge in [0.05, 0.1) is 0 Å². The zero-order valence-electron chi connectivity index (χ0n) is 8.50. The minimum absolute atomic E-state index is 0.743. The highest BCUT2D eigenvalue weighted by molar-refractivity contribution is 6.30. The molecule has 0 atom stereocenters. The van der Waals surface area contributed by atoms with Crippen molar-refractivity contribution in [2.75, 3.05) is 5.73 Å². The highest BCUT2D eigenvalue weighted by Crippen LogP contribution is 2.25. The first-order chi connectivity index (χ1) is 7.15. The predicted molar refractivity (Wildman–Crippen MR) is 66.0 cm³/mol. The summed E-state index contributed by atoms with van der Waals surface area (Å²) >= 11 is 5.94. The van der Waals surface area contributed by atoms with Gasteiger partial charge in [0, 0.05) is 10.7 Å². The van der Waals surface area contributed by atoms with Gasteiger partial charge in [0.1, 0.15) is 0 Å². The fourth-order valence-electron chi connectivity index (χ4n) is 1.65. The van der Waals surface area contributed by atoms with Gasteiger partial charge in [-0.2, -0.15) is 0 Å². The van der Waals surface area contributed by atoms with Crippen molar-refractivity contribution in [3.8, 4) is 11.1 Å². The molecule has 0 saturated heterocycles. The number of nitrogen functional groups attached to an aromatic ring is 1. The van der Waals surface area contributed by atoms with Crippen LogP contribution < -0.4 is 5.73 Å². The standard InChI is InChI=1S/C13H12ClN/c1-9-5-11(8-13(15)6-9)10-3-2-4-12(14)7-10/h2-8H,15H2,1H3. The van der Waals surface area contributed by atoms with Gasteiger partial charge in [0.15, 0.2) is 0 Å². The van der Waals surface area contributed by atoms with Crippen molar-refractivity contribution in [3.05, 3.63) is 53.1 Å². The maximum Gasteiger partial charge on any atom is 0.0412 e. The molecule has 15 heavy (non-hydrogen) atoms. The van der Waals surface area contributed by atoms with Gasteiger partial charge < -0.3 is 5.73 Å². The summed E-state index contributed by atoms with van der Waals surface area (Å²) in [5.74, 6) is 0. The Hall–Kier alpha value is -1.47. The van der Waals surface area contributed by atoms with E-state index in [-0.39, 0.29) is 0 Å². The van der Waals surface area contributed by atoms with E-state index < -0.39 is 0 Å². The molecule has 0 aliphatic carbocycles. The summed E-state index contributed by atoms with van der Waals surface area (Å²) in [5, 5.41) is 0.743. The average Bonchev–Trinajstić information content (AvgIpc) is 2.16. The van der Waals surface area contributed by atoms with Crippen molar-refractivity contribution in [2.45, 2.75) is 6.92 Å². The van der Waals surface area contributed by atoms with Crippen LogP contribution in [0, 0.1) is 6.92 Å². The Bertz CT molecular complexity index is 471. The van der Waals surface area contributed by atoms with Gasteiger partial charge in [-0.1, -0.05) is 29.8 Å². The lowest BCUT2D eigenvalue weighted by Gasteiger charge is -2.05. The minimum atomic E-state index is 0.743. The Morgan fingerprint density at radius 2 is 1.80 bits per heavy atom. The molecule has 2 rings (SSSR count). The second-order valence-corrected chi connectivity index (χ2v) is 4.08. The van der Waals surface area contributed by atoms with Gasteiger partial charge >= 0.3 is 0 Å². The minimum Gasteiger partial charge on any atom is -0.399 e. The normalized spacial score (nSPS) is 10.3. The lowest BCUT2D eigenvalue weighted by Crippen LogP contribution is -1.87. The summed E-state index contributed by atoms with van der Waals surface area (Å²) in [6, 6.07) is 13.8. The molecule has 0 unspecified atom stereocenters. The Morgan fingerprint density at radius 3 is 2.47 bits per heavy atom. The third-order valence-corrected chi connectivity index (χ3v) is 2.49. The number of aryl methyl sites for hydroxylation is 1. The number of hydrogen-bond donors (Lipinski definition) is 1. The number of nitrogens with two attached hydrogens (primary N) is 1. The van der Waals surface area contributed by atoms with Crippen LogP contribution in [0.5, 0.6) is 0 Å². The first-order valence-corrected chi connectivity index (χ1v) is 5.16. The van der Waals surface area contributed by atoms with Gasteiger partial charge in [-0.25, -0.2) is 0 Å². The van der Waals surface area contributed by atoms with Crippen molar-refractivity contribution in [3.63, 3.8) is 0 Å². The van der Waals surface area contributed by atoms with Gasteiger partial charge in [0.25, 0.3) is 0 Å². The number of benzene rings is 2. The molecule has 0 aliphatic rings. The van der Waals surface area contributed by atoms with Crippen LogP contribution in [0.25, 0.3) is 11.1 Å². The van der Waals surface area contributed by atoms with E-state index in [4.69, 9.17) is 17.3 Å². The van der Waals surface area contributed by atoms with Gasteiger partial charge in [-0.3, -0.25) is 0 Å². The molecule has 0 amide bonds. The number of halogens is 1. The molecule has 2 aromatic carbocycles. The molecular weight excluding hydrogens is 206 g/mol. The van der Waals surface area contributed by atoms with Crippen molar-refractivity contribution >= 4 is 17.3 Å². The molecule has 76 valence electrons. The van der Waals surface area contributed by atoms with E-state index in [2.05, 4.69) is 6.07 Å². The molecule has 2 N–H and O–H groups in total. The number of hydrogen-bond acceptors (Lipinski definition) is 1. The molecular formula is C13H12ClN. The quantitative estimate of drug-likeness (QED) is 0.721. The lowest BCUT2D eigenvalue weighted by molar-refractivity contribution is 1.47. The number of rotatable bonds is 1. The van der Waals surface area contributed by atoms with E-state index in [9.17, 15) is 0 Å². The monoisotopic (exact) mass is 217 g/mol.